The van der Waals surface area contributed by atoms with Gasteiger partial charge in [0.25, 0.3) is 0 Å². The third kappa shape index (κ3) is 1.90. The summed E-state index contributed by atoms with van der Waals surface area (Å²) >= 11 is 0. The van der Waals surface area contributed by atoms with E-state index in [1.807, 2.05) is 47.7 Å². The van der Waals surface area contributed by atoms with Crippen LogP contribution in [0.15, 0.2) is 35.1 Å². The molecule has 0 atom stereocenters. The molecule has 0 spiro atoms. The molecule has 3 heterocycles. The fourth-order valence-electron chi connectivity index (χ4n) is 2.98. The Labute approximate surface area is 137 Å². The molecule has 1 aliphatic rings. The maximum Gasteiger partial charge on any atom is 0.230 e. The highest BCUT2D eigenvalue weighted by Crippen LogP contribution is 2.40. The number of imidazole rings is 1. The first-order chi connectivity index (χ1) is 11.7. The van der Waals surface area contributed by atoms with Crippen LogP contribution in [0.25, 0.3) is 28.1 Å². The molecule has 0 amide bonds. The average Bonchev–Trinajstić information content (AvgIpc) is 3.16. The largest absolute Gasteiger partial charge is 0.361 e. The summed E-state index contributed by atoms with van der Waals surface area (Å²) < 4.78 is 7.45. The van der Waals surface area contributed by atoms with Gasteiger partial charge in [-0.2, -0.15) is 4.98 Å². The molecule has 0 bridgehead atoms. The highest BCUT2D eigenvalue weighted by atomic mass is 16.5. The van der Waals surface area contributed by atoms with Gasteiger partial charge in [0.15, 0.2) is 5.82 Å². The molecule has 1 fully saturated rings. The molecule has 1 aromatic carbocycles. The first-order valence-electron chi connectivity index (χ1n) is 7.99. The minimum atomic E-state index is 0.424. The third-order valence-corrected chi connectivity index (χ3v) is 4.35. The van der Waals surface area contributed by atoms with Gasteiger partial charge in [-0.05, 0) is 25.0 Å². The predicted octanol–water partition coefficient (Wildman–Crippen LogP) is 2.88. The van der Waals surface area contributed by atoms with E-state index >= 15 is 0 Å². The Morgan fingerprint density at radius 1 is 1.17 bits per heavy atom. The first-order valence-corrected chi connectivity index (χ1v) is 7.99. The lowest BCUT2D eigenvalue weighted by Gasteiger charge is -2.15. The number of hydrogen-bond donors (Lipinski definition) is 0. The second-order valence-corrected chi connectivity index (χ2v) is 6.36. The third-order valence-electron chi connectivity index (χ3n) is 4.35. The van der Waals surface area contributed by atoms with Crippen LogP contribution < -0.4 is 4.90 Å². The van der Waals surface area contributed by atoms with Crippen LogP contribution in [0.1, 0.15) is 24.7 Å². The number of para-hydroxylation sites is 2. The molecule has 0 aliphatic heterocycles. The Bertz CT molecular complexity index is 1060. The lowest BCUT2D eigenvalue weighted by Crippen LogP contribution is -2.12. The molecule has 3 aromatic heterocycles. The van der Waals surface area contributed by atoms with Gasteiger partial charge in [-0.1, -0.05) is 17.3 Å². The number of aromatic nitrogens is 5. The lowest BCUT2D eigenvalue weighted by atomic mass is 10.2. The molecule has 1 saturated carbocycles. The fourth-order valence-corrected chi connectivity index (χ4v) is 2.98. The fraction of sp³-hybridized carbons (Fsp3) is 0.294. The van der Waals surface area contributed by atoms with Crippen LogP contribution in [-0.4, -0.2) is 38.6 Å². The van der Waals surface area contributed by atoms with Gasteiger partial charge >= 0.3 is 0 Å². The topological polar surface area (TPSA) is 72.4 Å². The molecule has 0 unspecified atom stereocenters. The van der Waals surface area contributed by atoms with Crippen molar-refractivity contribution in [1.29, 1.82) is 0 Å². The average molecular weight is 320 g/mol. The molecule has 4 aromatic rings. The predicted molar refractivity (Wildman–Crippen MR) is 90.1 cm³/mol. The molecule has 1 aliphatic carbocycles. The van der Waals surface area contributed by atoms with E-state index in [4.69, 9.17) is 9.51 Å². The maximum atomic E-state index is 5.40. The Morgan fingerprint density at radius 2 is 2.00 bits per heavy atom. The minimum absolute atomic E-state index is 0.424. The maximum absolute atomic E-state index is 5.40. The Hall–Kier alpha value is -2.96. The standard InChI is InChI=1S/C17H16N6O/c1-22(2)16-14-13(15-20-17(24-21-15)10-7-8-10)18-9-23(14)12-6-4-3-5-11(12)19-16/h3-6,9-10H,7-8H2,1-2H3. The van der Waals surface area contributed by atoms with E-state index < -0.39 is 0 Å². The highest BCUT2D eigenvalue weighted by Gasteiger charge is 2.30. The van der Waals surface area contributed by atoms with Crippen molar-refractivity contribution < 1.29 is 4.52 Å². The Morgan fingerprint density at radius 3 is 2.79 bits per heavy atom. The van der Waals surface area contributed by atoms with Crippen LogP contribution in [0, 0.1) is 0 Å². The molecule has 7 nitrogen and oxygen atoms in total. The van der Waals surface area contributed by atoms with E-state index in [-0.39, 0.29) is 0 Å². The van der Waals surface area contributed by atoms with Gasteiger partial charge < -0.3 is 9.42 Å². The van der Waals surface area contributed by atoms with E-state index in [0.29, 0.717) is 23.3 Å². The van der Waals surface area contributed by atoms with Crippen molar-refractivity contribution in [2.45, 2.75) is 18.8 Å². The molecular weight excluding hydrogens is 304 g/mol. The minimum Gasteiger partial charge on any atom is -0.361 e. The van der Waals surface area contributed by atoms with E-state index in [9.17, 15) is 0 Å². The van der Waals surface area contributed by atoms with E-state index in [1.54, 1.807) is 6.33 Å². The Balaban J connectivity index is 1.81. The summed E-state index contributed by atoms with van der Waals surface area (Å²) in [5.74, 6) is 2.50. The van der Waals surface area contributed by atoms with Crippen molar-refractivity contribution in [3.8, 4) is 11.5 Å². The molecule has 120 valence electrons. The number of hydrogen-bond acceptors (Lipinski definition) is 6. The lowest BCUT2D eigenvalue weighted by molar-refractivity contribution is 0.380. The number of nitrogens with zero attached hydrogens (tertiary/aromatic N) is 6. The summed E-state index contributed by atoms with van der Waals surface area (Å²) in [6, 6.07) is 8.02. The van der Waals surface area contributed by atoms with Crippen molar-refractivity contribution in [3.05, 3.63) is 36.5 Å². The van der Waals surface area contributed by atoms with Crippen LogP contribution in [0.4, 0.5) is 5.82 Å². The number of rotatable bonds is 3. The quantitative estimate of drug-likeness (QED) is 0.578. The smallest absolute Gasteiger partial charge is 0.230 e. The zero-order chi connectivity index (χ0) is 16.3. The second-order valence-electron chi connectivity index (χ2n) is 6.36. The summed E-state index contributed by atoms with van der Waals surface area (Å²) in [6.45, 7) is 0. The Kier molecular flexibility index (Phi) is 2.68. The van der Waals surface area contributed by atoms with E-state index in [1.165, 1.54) is 0 Å². The number of anilines is 1. The molecule has 7 heteroatoms. The van der Waals surface area contributed by atoms with Gasteiger partial charge in [-0.25, -0.2) is 9.97 Å². The van der Waals surface area contributed by atoms with Gasteiger partial charge in [0.05, 0.1) is 11.0 Å². The summed E-state index contributed by atoms with van der Waals surface area (Å²) in [6.07, 6.45) is 4.05. The van der Waals surface area contributed by atoms with Gasteiger partial charge in [0.2, 0.25) is 11.7 Å². The van der Waals surface area contributed by atoms with Gasteiger partial charge in [-0.15, -0.1) is 0 Å². The zero-order valence-corrected chi connectivity index (χ0v) is 13.5. The van der Waals surface area contributed by atoms with Crippen LogP contribution in [0.3, 0.4) is 0 Å². The SMILES string of the molecule is CN(C)c1nc2ccccc2n2cnc(-c3noc(C4CC4)n3)c12. The molecule has 5 rings (SSSR count). The number of benzene rings is 1. The molecule has 0 radical (unpaired) electrons. The second kappa shape index (κ2) is 4.77. The summed E-state index contributed by atoms with van der Waals surface area (Å²) in [5, 5.41) is 4.14. The van der Waals surface area contributed by atoms with Gasteiger partial charge in [0, 0.05) is 20.0 Å². The van der Waals surface area contributed by atoms with Crippen molar-refractivity contribution in [3.63, 3.8) is 0 Å². The summed E-state index contributed by atoms with van der Waals surface area (Å²) in [4.78, 5) is 15.9. The highest BCUT2D eigenvalue weighted by molar-refractivity contribution is 5.91. The monoisotopic (exact) mass is 320 g/mol. The normalized spacial score (nSPS) is 14.6. The number of fused-ring (bicyclic) bond motifs is 3. The van der Waals surface area contributed by atoms with Crippen LogP contribution in [0.2, 0.25) is 0 Å². The van der Waals surface area contributed by atoms with Crippen molar-refractivity contribution >= 4 is 22.4 Å². The molecule has 0 saturated heterocycles. The van der Waals surface area contributed by atoms with Crippen LogP contribution >= 0.6 is 0 Å². The van der Waals surface area contributed by atoms with Crippen LogP contribution in [-0.2, 0) is 0 Å². The molecule has 24 heavy (non-hydrogen) atoms. The van der Waals surface area contributed by atoms with Gasteiger partial charge in [0.1, 0.15) is 17.5 Å². The zero-order valence-electron chi connectivity index (χ0n) is 13.5. The molecule has 0 N–H and O–H groups in total. The van der Waals surface area contributed by atoms with Crippen molar-refractivity contribution in [1.82, 2.24) is 24.5 Å². The van der Waals surface area contributed by atoms with Crippen molar-refractivity contribution in [2.75, 3.05) is 19.0 Å². The van der Waals surface area contributed by atoms with E-state index in [0.717, 1.165) is 35.2 Å². The summed E-state index contributed by atoms with van der Waals surface area (Å²) in [7, 11) is 3.94. The van der Waals surface area contributed by atoms with Crippen molar-refractivity contribution in [2.24, 2.45) is 0 Å². The molecular formula is C17H16N6O. The van der Waals surface area contributed by atoms with E-state index in [2.05, 4.69) is 15.1 Å². The summed E-state index contributed by atoms with van der Waals surface area (Å²) in [5.41, 5.74) is 3.52. The first kappa shape index (κ1) is 13.5. The van der Waals surface area contributed by atoms with Crippen LogP contribution in [0.5, 0.6) is 0 Å². The van der Waals surface area contributed by atoms with Gasteiger partial charge in [-0.3, -0.25) is 4.40 Å².